The van der Waals surface area contributed by atoms with Gasteiger partial charge in [-0.1, -0.05) is 12.1 Å². The summed E-state index contributed by atoms with van der Waals surface area (Å²) < 4.78 is 14.0. The van der Waals surface area contributed by atoms with Gasteiger partial charge in [-0.15, -0.1) is 23.7 Å². The first-order chi connectivity index (χ1) is 11.5. The van der Waals surface area contributed by atoms with Crippen molar-refractivity contribution >= 4 is 40.8 Å². The highest BCUT2D eigenvalue weighted by Crippen LogP contribution is 2.18. The van der Waals surface area contributed by atoms with Gasteiger partial charge in [-0.3, -0.25) is 10.2 Å². The van der Waals surface area contributed by atoms with Crippen LogP contribution in [0.2, 0.25) is 0 Å². The van der Waals surface area contributed by atoms with Crippen LogP contribution in [0.15, 0.2) is 23.6 Å². The highest BCUT2D eigenvalue weighted by molar-refractivity contribution is 7.13. The molecule has 0 saturated heterocycles. The minimum absolute atomic E-state index is 0. The van der Waals surface area contributed by atoms with Crippen LogP contribution >= 0.6 is 23.7 Å². The first-order valence-corrected chi connectivity index (χ1v) is 8.09. The molecule has 25 heavy (non-hydrogen) atoms. The molecule has 2 rings (SSSR count). The Balaban J connectivity index is 0.00000312. The zero-order valence-corrected chi connectivity index (χ0v) is 15.1. The fraction of sp³-hybridized carbons (Fsp3) is 0.267. The molecule has 0 bridgehead atoms. The maximum absolute atomic E-state index is 14.0. The summed E-state index contributed by atoms with van der Waals surface area (Å²) in [5, 5.41) is 7.48. The van der Waals surface area contributed by atoms with Crippen LogP contribution < -0.4 is 21.9 Å². The van der Waals surface area contributed by atoms with Crippen molar-refractivity contribution in [2.45, 2.75) is 26.3 Å². The Bertz CT molecular complexity index is 740. The number of hydrogen-bond acceptors (Lipinski definition) is 5. The summed E-state index contributed by atoms with van der Waals surface area (Å²) in [6.45, 7) is 1.48. The number of amides is 3. The van der Waals surface area contributed by atoms with Crippen molar-refractivity contribution in [1.82, 2.24) is 15.7 Å². The maximum atomic E-state index is 14.0. The molecule has 0 saturated carbocycles. The van der Waals surface area contributed by atoms with Crippen molar-refractivity contribution < 1.29 is 14.0 Å². The van der Waals surface area contributed by atoms with E-state index in [9.17, 15) is 14.0 Å². The molecule has 0 fully saturated rings. The zero-order chi connectivity index (χ0) is 17.5. The molecule has 10 heteroatoms. The molecule has 1 aromatic heterocycles. The molecular weight excluding hydrogens is 369 g/mol. The lowest BCUT2D eigenvalue weighted by molar-refractivity contribution is -0.114. The second-order valence-corrected chi connectivity index (χ2v) is 5.94. The number of urea groups is 1. The molecule has 0 radical (unpaired) electrons. The number of aryl methyl sites for hydroxylation is 2. The van der Waals surface area contributed by atoms with Crippen LogP contribution in [0, 0.1) is 5.82 Å². The highest BCUT2D eigenvalue weighted by Gasteiger charge is 2.07. The summed E-state index contributed by atoms with van der Waals surface area (Å²) in [6, 6.07) is 4.31. The number of halogens is 2. The SMILES string of the molecule is CC(=O)Nc1nc(CCc2ccc(CNC(=O)NN)c(F)c2)cs1.Cl. The van der Waals surface area contributed by atoms with Crippen LogP contribution in [-0.4, -0.2) is 16.9 Å². The summed E-state index contributed by atoms with van der Waals surface area (Å²) in [6.07, 6.45) is 1.26. The van der Waals surface area contributed by atoms with E-state index in [4.69, 9.17) is 5.84 Å². The average Bonchev–Trinajstić information content (AvgIpc) is 2.98. The molecule has 0 spiro atoms. The van der Waals surface area contributed by atoms with Crippen molar-refractivity contribution in [3.63, 3.8) is 0 Å². The lowest BCUT2D eigenvalue weighted by atomic mass is 10.1. The molecular formula is C15H19ClFN5O2S. The topological polar surface area (TPSA) is 109 Å². The van der Waals surface area contributed by atoms with Gasteiger partial charge in [-0.05, 0) is 24.5 Å². The third kappa shape index (κ3) is 6.65. The van der Waals surface area contributed by atoms with Crippen LogP contribution in [0.1, 0.15) is 23.7 Å². The van der Waals surface area contributed by atoms with Gasteiger partial charge < -0.3 is 10.6 Å². The minimum atomic E-state index is -0.572. The number of thiazole rings is 1. The molecule has 1 aromatic carbocycles. The number of aromatic nitrogens is 1. The zero-order valence-electron chi connectivity index (χ0n) is 13.5. The number of rotatable bonds is 6. The van der Waals surface area contributed by atoms with Gasteiger partial charge >= 0.3 is 6.03 Å². The Labute approximate surface area is 154 Å². The normalized spacial score (nSPS) is 9.88. The number of anilines is 1. The summed E-state index contributed by atoms with van der Waals surface area (Å²) in [5.41, 5.74) is 3.96. The second kappa shape index (κ2) is 9.92. The van der Waals surface area contributed by atoms with Gasteiger partial charge in [0.1, 0.15) is 5.82 Å². The average molecular weight is 388 g/mol. The fourth-order valence-corrected chi connectivity index (χ4v) is 2.81. The number of nitrogens with two attached hydrogens (primary N) is 1. The van der Waals surface area contributed by atoms with Crippen molar-refractivity contribution in [3.05, 3.63) is 46.2 Å². The van der Waals surface area contributed by atoms with Crippen LogP contribution in [0.4, 0.5) is 14.3 Å². The van der Waals surface area contributed by atoms with Crippen LogP contribution in [0.25, 0.3) is 0 Å². The van der Waals surface area contributed by atoms with E-state index in [2.05, 4.69) is 15.6 Å². The van der Waals surface area contributed by atoms with Crippen molar-refractivity contribution in [3.8, 4) is 0 Å². The first-order valence-electron chi connectivity index (χ1n) is 7.21. The molecule has 0 aliphatic carbocycles. The van der Waals surface area contributed by atoms with Gasteiger partial charge in [0, 0.05) is 24.4 Å². The number of hydrazine groups is 1. The van der Waals surface area contributed by atoms with E-state index in [0.29, 0.717) is 23.5 Å². The molecule has 0 aliphatic rings. The maximum Gasteiger partial charge on any atom is 0.329 e. The van der Waals surface area contributed by atoms with E-state index in [1.54, 1.807) is 6.07 Å². The number of nitrogens with zero attached hydrogens (tertiary/aromatic N) is 1. The van der Waals surface area contributed by atoms with Gasteiger partial charge in [0.05, 0.1) is 5.69 Å². The van der Waals surface area contributed by atoms with E-state index in [0.717, 1.165) is 11.3 Å². The van der Waals surface area contributed by atoms with Gasteiger partial charge in [0.15, 0.2) is 5.13 Å². The third-order valence-corrected chi connectivity index (χ3v) is 4.00. The highest BCUT2D eigenvalue weighted by atomic mass is 35.5. The van der Waals surface area contributed by atoms with E-state index >= 15 is 0 Å². The van der Waals surface area contributed by atoms with Gasteiger partial charge in [0.25, 0.3) is 0 Å². The molecule has 0 unspecified atom stereocenters. The van der Waals surface area contributed by atoms with Crippen LogP contribution in [-0.2, 0) is 24.2 Å². The van der Waals surface area contributed by atoms with Gasteiger partial charge in [0.2, 0.25) is 5.91 Å². The summed E-state index contributed by atoms with van der Waals surface area (Å²) in [7, 11) is 0. The standard InChI is InChI=1S/C15H18FN5O2S.ClH/c1-9(22)19-15-20-12(8-24-15)5-3-10-2-4-11(13(16)6-10)7-18-14(23)21-17;/h2,4,6,8H,3,5,7,17H2,1H3,(H2,18,21,23)(H,19,20,22);1H. The third-order valence-electron chi connectivity index (χ3n) is 3.19. The molecule has 136 valence electrons. The monoisotopic (exact) mass is 387 g/mol. The van der Waals surface area contributed by atoms with Gasteiger partial charge in [-0.2, -0.15) is 0 Å². The lowest BCUT2D eigenvalue weighted by Crippen LogP contribution is -2.39. The number of carbonyl (C=O) groups is 2. The molecule has 0 aliphatic heterocycles. The summed E-state index contributed by atoms with van der Waals surface area (Å²) >= 11 is 1.36. The molecule has 1 heterocycles. The number of benzene rings is 1. The van der Waals surface area contributed by atoms with Crippen molar-refractivity contribution in [2.24, 2.45) is 5.84 Å². The number of hydrogen-bond donors (Lipinski definition) is 4. The molecule has 5 N–H and O–H groups in total. The molecule has 2 aromatic rings. The molecule has 0 atom stereocenters. The summed E-state index contributed by atoms with van der Waals surface area (Å²) in [5.74, 6) is 4.39. The predicted molar refractivity (Wildman–Crippen MR) is 97.0 cm³/mol. The van der Waals surface area contributed by atoms with Crippen LogP contribution in [0.5, 0.6) is 0 Å². The number of nitrogens with one attached hydrogen (secondary N) is 3. The van der Waals surface area contributed by atoms with Crippen molar-refractivity contribution in [1.29, 1.82) is 0 Å². The Hall–Kier alpha value is -2.23. The first kappa shape index (κ1) is 20.8. The quantitative estimate of drug-likeness (QED) is 0.346. The Morgan fingerprint density at radius 1 is 1.32 bits per heavy atom. The lowest BCUT2D eigenvalue weighted by Gasteiger charge is -2.07. The van der Waals surface area contributed by atoms with Crippen molar-refractivity contribution in [2.75, 3.05) is 5.32 Å². The van der Waals surface area contributed by atoms with E-state index < -0.39 is 6.03 Å². The Kier molecular flexibility index (Phi) is 8.26. The molecule has 3 amide bonds. The Morgan fingerprint density at radius 3 is 2.72 bits per heavy atom. The van der Waals surface area contributed by atoms with E-state index in [1.807, 2.05) is 16.9 Å². The summed E-state index contributed by atoms with van der Waals surface area (Å²) in [4.78, 5) is 26.2. The minimum Gasteiger partial charge on any atom is -0.333 e. The smallest absolute Gasteiger partial charge is 0.329 e. The Morgan fingerprint density at radius 2 is 2.08 bits per heavy atom. The van der Waals surface area contributed by atoms with E-state index in [1.165, 1.54) is 24.3 Å². The van der Waals surface area contributed by atoms with Gasteiger partial charge in [-0.25, -0.2) is 20.0 Å². The predicted octanol–water partition coefficient (Wildman–Crippen LogP) is 2.12. The fourth-order valence-electron chi connectivity index (χ4n) is 2.02. The van der Waals surface area contributed by atoms with E-state index in [-0.39, 0.29) is 30.7 Å². The number of carbonyl (C=O) groups excluding carboxylic acids is 2. The second-order valence-electron chi connectivity index (χ2n) is 5.08. The molecule has 7 nitrogen and oxygen atoms in total. The largest absolute Gasteiger partial charge is 0.333 e. The van der Waals surface area contributed by atoms with Crippen LogP contribution in [0.3, 0.4) is 0 Å².